The summed E-state index contributed by atoms with van der Waals surface area (Å²) in [7, 11) is 0. The fraction of sp³-hybridized carbons (Fsp3) is 0.333. The lowest BCUT2D eigenvalue weighted by Gasteiger charge is -2.28. The number of hydrogen-bond donors (Lipinski definition) is 2. The molecule has 28 heavy (non-hydrogen) atoms. The molecule has 0 spiro atoms. The van der Waals surface area contributed by atoms with Crippen LogP contribution in [0.25, 0.3) is 0 Å². The summed E-state index contributed by atoms with van der Waals surface area (Å²) in [5, 5.41) is 9.66. The van der Waals surface area contributed by atoms with Gasteiger partial charge in [0.25, 0.3) is 0 Å². The van der Waals surface area contributed by atoms with Gasteiger partial charge in [-0.25, -0.2) is 9.59 Å². The van der Waals surface area contributed by atoms with Crippen LogP contribution in [-0.2, 0) is 27.4 Å². The molecule has 0 radical (unpaired) electrons. The molecular weight excluding hydrogens is 473 g/mol. The predicted octanol–water partition coefficient (Wildman–Crippen LogP) is 3.54. The monoisotopic (exact) mass is 497 g/mol. The molecule has 2 rings (SSSR count). The maximum absolute atomic E-state index is 12.5. The SMILES string of the molecule is CC(C)(C)OC(=O)[C@](N)(Cc1cc(I)ccc1OCc1ccccc1)C(=O)O. The highest BCUT2D eigenvalue weighted by atomic mass is 127. The molecule has 150 valence electrons. The van der Waals surface area contributed by atoms with Crippen molar-refractivity contribution >= 4 is 34.5 Å². The van der Waals surface area contributed by atoms with Gasteiger partial charge < -0.3 is 20.3 Å². The second kappa shape index (κ2) is 8.91. The summed E-state index contributed by atoms with van der Waals surface area (Å²) >= 11 is 2.11. The molecule has 2 aromatic rings. The van der Waals surface area contributed by atoms with Crippen LogP contribution in [0.2, 0.25) is 0 Å². The van der Waals surface area contributed by atoms with Crippen LogP contribution in [0.1, 0.15) is 31.9 Å². The average molecular weight is 497 g/mol. The van der Waals surface area contributed by atoms with Gasteiger partial charge in [-0.15, -0.1) is 0 Å². The normalized spacial score (nSPS) is 13.5. The fourth-order valence-corrected chi connectivity index (χ4v) is 3.02. The van der Waals surface area contributed by atoms with Crippen LogP contribution in [0.15, 0.2) is 48.5 Å². The number of halogens is 1. The van der Waals surface area contributed by atoms with Gasteiger partial charge in [0.15, 0.2) is 0 Å². The molecule has 0 aliphatic heterocycles. The Bertz CT molecular complexity index is 848. The van der Waals surface area contributed by atoms with Crippen molar-refractivity contribution in [2.75, 3.05) is 0 Å². The van der Waals surface area contributed by atoms with E-state index in [-0.39, 0.29) is 6.42 Å². The van der Waals surface area contributed by atoms with Crippen LogP contribution >= 0.6 is 22.6 Å². The van der Waals surface area contributed by atoms with Gasteiger partial charge in [0.05, 0.1) is 0 Å². The van der Waals surface area contributed by atoms with Gasteiger partial charge in [-0.3, -0.25) is 0 Å². The molecule has 0 heterocycles. The first-order valence-corrected chi connectivity index (χ1v) is 9.80. The van der Waals surface area contributed by atoms with Gasteiger partial charge >= 0.3 is 11.9 Å². The first-order valence-electron chi connectivity index (χ1n) is 8.72. The number of aliphatic carboxylic acids is 1. The highest BCUT2D eigenvalue weighted by molar-refractivity contribution is 14.1. The van der Waals surface area contributed by atoms with Crippen molar-refractivity contribution in [2.24, 2.45) is 5.73 Å². The zero-order chi connectivity index (χ0) is 20.9. The fourth-order valence-electron chi connectivity index (χ4n) is 2.47. The summed E-state index contributed by atoms with van der Waals surface area (Å²) in [4.78, 5) is 24.4. The second-order valence-electron chi connectivity index (χ2n) is 7.48. The molecule has 2 aromatic carbocycles. The lowest BCUT2D eigenvalue weighted by atomic mass is 9.91. The lowest BCUT2D eigenvalue weighted by Crippen LogP contribution is -2.58. The zero-order valence-corrected chi connectivity index (χ0v) is 18.2. The van der Waals surface area contributed by atoms with Gasteiger partial charge in [0.1, 0.15) is 18.0 Å². The zero-order valence-electron chi connectivity index (χ0n) is 16.1. The van der Waals surface area contributed by atoms with Crippen LogP contribution in [0.3, 0.4) is 0 Å². The molecule has 0 saturated heterocycles. The number of carbonyl (C=O) groups is 2. The molecule has 0 aromatic heterocycles. The second-order valence-corrected chi connectivity index (χ2v) is 8.73. The van der Waals surface area contributed by atoms with Crippen molar-refractivity contribution in [2.45, 2.75) is 44.9 Å². The number of benzene rings is 2. The van der Waals surface area contributed by atoms with Crippen LogP contribution in [0, 0.1) is 3.57 Å². The highest BCUT2D eigenvalue weighted by Gasteiger charge is 2.46. The number of ether oxygens (including phenoxy) is 2. The molecule has 7 heteroatoms. The quantitative estimate of drug-likeness (QED) is 0.345. The number of carboxylic acid groups (broad SMARTS) is 1. The topological polar surface area (TPSA) is 98.9 Å². The maximum Gasteiger partial charge on any atom is 0.338 e. The minimum absolute atomic E-state index is 0.252. The van der Waals surface area contributed by atoms with E-state index in [0.29, 0.717) is 17.9 Å². The lowest BCUT2D eigenvalue weighted by molar-refractivity contribution is -0.169. The molecule has 0 bridgehead atoms. The molecule has 0 aliphatic carbocycles. The van der Waals surface area contributed by atoms with E-state index in [9.17, 15) is 14.7 Å². The van der Waals surface area contributed by atoms with Crippen molar-refractivity contribution in [1.29, 1.82) is 0 Å². The predicted molar refractivity (Wildman–Crippen MR) is 114 cm³/mol. The largest absolute Gasteiger partial charge is 0.489 e. The summed E-state index contributed by atoms with van der Waals surface area (Å²) in [6.45, 7) is 5.29. The van der Waals surface area contributed by atoms with Gasteiger partial charge in [-0.2, -0.15) is 0 Å². The molecular formula is C21H24INO5. The Hall–Kier alpha value is -2.13. The highest BCUT2D eigenvalue weighted by Crippen LogP contribution is 2.27. The number of hydrogen-bond acceptors (Lipinski definition) is 5. The van der Waals surface area contributed by atoms with E-state index >= 15 is 0 Å². The summed E-state index contributed by atoms with van der Waals surface area (Å²) in [6.07, 6.45) is -0.252. The van der Waals surface area contributed by atoms with Gasteiger partial charge in [0, 0.05) is 9.99 Å². The smallest absolute Gasteiger partial charge is 0.338 e. The third-order valence-electron chi connectivity index (χ3n) is 3.87. The van der Waals surface area contributed by atoms with E-state index in [1.165, 1.54) is 0 Å². The van der Waals surface area contributed by atoms with E-state index in [1.807, 2.05) is 36.4 Å². The van der Waals surface area contributed by atoms with Gasteiger partial charge in [-0.1, -0.05) is 30.3 Å². The van der Waals surface area contributed by atoms with Crippen molar-refractivity contribution < 1.29 is 24.2 Å². The van der Waals surface area contributed by atoms with E-state index < -0.39 is 23.1 Å². The molecule has 3 N–H and O–H groups in total. The third-order valence-corrected chi connectivity index (χ3v) is 4.54. The third kappa shape index (κ3) is 5.93. The molecule has 0 aliphatic rings. The van der Waals surface area contributed by atoms with Crippen molar-refractivity contribution in [3.05, 3.63) is 63.2 Å². The summed E-state index contributed by atoms with van der Waals surface area (Å²) in [5.74, 6) is -1.96. The van der Waals surface area contributed by atoms with Crippen LogP contribution < -0.4 is 10.5 Å². The van der Waals surface area contributed by atoms with Crippen LogP contribution in [-0.4, -0.2) is 28.2 Å². The Morgan fingerprint density at radius 2 is 1.75 bits per heavy atom. The number of carbonyl (C=O) groups excluding carboxylic acids is 1. The molecule has 0 unspecified atom stereocenters. The van der Waals surface area contributed by atoms with Crippen LogP contribution in [0.5, 0.6) is 5.75 Å². The van der Waals surface area contributed by atoms with E-state index in [2.05, 4.69) is 22.6 Å². The number of nitrogens with two attached hydrogens (primary N) is 1. The molecule has 1 atom stereocenters. The minimum atomic E-state index is -2.22. The summed E-state index contributed by atoms with van der Waals surface area (Å²) in [6, 6.07) is 14.9. The number of carboxylic acids is 1. The van der Waals surface area contributed by atoms with Crippen LogP contribution in [0.4, 0.5) is 0 Å². The Balaban J connectivity index is 2.30. The Kier molecular flexibility index (Phi) is 7.06. The van der Waals surface area contributed by atoms with E-state index in [0.717, 1.165) is 9.13 Å². The van der Waals surface area contributed by atoms with E-state index in [4.69, 9.17) is 15.2 Å². The van der Waals surface area contributed by atoms with Gasteiger partial charge in [-0.05, 0) is 72.7 Å². The molecule has 0 fully saturated rings. The Morgan fingerprint density at radius 1 is 1.11 bits per heavy atom. The Morgan fingerprint density at radius 3 is 2.32 bits per heavy atom. The summed E-state index contributed by atoms with van der Waals surface area (Å²) in [5.41, 5.74) is 4.44. The van der Waals surface area contributed by atoms with Crippen molar-refractivity contribution in [3.63, 3.8) is 0 Å². The standard InChI is InChI=1S/C21H24INO5/c1-20(2,3)28-19(26)21(23,18(24)25)12-15-11-16(22)9-10-17(15)27-13-14-7-5-4-6-8-14/h4-11H,12-13,23H2,1-3H3,(H,24,25)/t21-/m0/s1. The average Bonchev–Trinajstić information content (AvgIpc) is 2.60. The first kappa shape index (κ1) is 22.2. The summed E-state index contributed by atoms with van der Waals surface area (Å²) < 4.78 is 12.0. The molecule has 0 saturated carbocycles. The van der Waals surface area contributed by atoms with Crippen molar-refractivity contribution in [1.82, 2.24) is 0 Å². The maximum atomic E-state index is 12.5. The first-order chi connectivity index (χ1) is 13.0. The minimum Gasteiger partial charge on any atom is -0.489 e. The molecule has 6 nitrogen and oxygen atoms in total. The number of esters is 1. The van der Waals surface area contributed by atoms with Gasteiger partial charge in [0.2, 0.25) is 5.54 Å². The Labute approximate surface area is 178 Å². The number of rotatable bonds is 7. The van der Waals surface area contributed by atoms with E-state index in [1.54, 1.807) is 32.9 Å². The molecule has 0 amide bonds. The van der Waals surface area contributed by atoms with Crippen molar-refractivity contribution in [3.8, 4) is 5.75 Å².